The molecule has 0 aliphatic carbocycles. The number of rotatable bonds is 7. The predicted octanol–water partition coefficient (Wildman–Crippen LogP) is 1.83. The van der Waals surface area contributed by atoms with Crippen LogP contribution in [-0.4, -0.2) is 32.5 Å². The lowest BCUT2D eigenvalue weighted by molar-refractivity contribution is -0.385. The minimum Gasteiger partial charge on any atom is -0.389 e. The topological polar surface area (TPSA) is 93.2 Å². The average Bonchev–Trinajstić information content (AvgIpc) is 2.94. The molecule has 0 saturated carbocycles. The van der Waals surface area contributed by atoms with Crippen molar-refractivity contribution in [2.45, 2.75) is 26.0 Å². The highest BCUT2D eigenvalue weighted by Gasteiger charge is 2.11. The minimum atomic E-state index is -0.685. The van der Waals surface area contributed by atoms with Gasteiger partial charge in [-0.1, -0.05) is 19.1 Å². The van der Waals surface area contributed by atoms with Gasteiger partial charge in [-0.2, -0.15) is 5.10 Å². The van der Waals surface area contributed by atoms with Gasteiger partial charge in [0.1, 0.15) is 12.4 Å². The van der Waals surface area contributed by atoms with E-state index < -0.39 is 11.0 Å². The Bertz CT molecular complexity index is 595. The van der Waals surface area contributed by atoms with E-state index in [0.717, 1.165) is 12.1 Å². The fourth-order valence-corrected chi connectivity index (χ4v) is 1.92. The van der Waals surface area contributed by atoms with Gasteiger partial charge in [0.25, 0.3) is 0 Å². The molecule has 1 heterocycles. The molecule has 0 fully saturated rings. The second-order valence-corrected chi connectivity index (χ2v) is 4.76. The number of anilines is 1. The quantitative estimate of drug-likeness (QED) is 0.599. The maximum Gasteiger partial charge on any atom is 0.306 e. The summed E-state index contributed by atoms with van der Waals surface area (Å²) in [5, 5.41) is 27.4. The number of nitrogens with one attached hydrogen (secondary N) is 1. The first-order chi connectivity index (χ1) is 10.1. The van der Waals surface area contributed by atoms with Gasteiger partial charge in [0.05, 0.1) is 17.6 Å². The zero-order chi connectivity index (χ0) is 15.2. The van der Waals surface area contributed by atoms with Crippen LogP contribution in [0.3, 0.4) is 0 Å². The monoisotopic (exact) mass is 290 g/mol. The van der Waals surface area contributed by atoms with E-state index in [-0.39, 0.29) is 12.2 Å². The number of nitrogens with zero attached hydrogens (tertiary/aromatic N) is 3. The van der Waals surface area contributed by atoms with Crippen LogP contribution < -0.4 is 5.32 Å². The van der Waals surface area contributed by atoms with Crippen LogP contribution in [0.25, 0.3) is 0 Å². The van der Waals surface area contributed by atoms with E-state index in [1.807, 2.05) is 24.3 Å². The standard InChI is InChI=1S/C14H18N4O3/c1-2-11-3-5-12(6-4-11)15-8-14(19)10-17-9-13(7-16-17)18(20)21/h3-7,9,14-15,19H,2,8,10H2,1H3. The van der Waals surface area contributed by atoms with E-state index >= 15 is 0 Å². The van der Waals surface area contributed by atoms with Gasteiger partial charge in [0.2, 0.25) is 0 Å². The molecule has 0 amide bonds. The van der Waals surface area contributed by atoms with Crippen LogP contribution in [0.1, 0.15) is 12.5 Å². The highest BCUT2D eigenvalue weighted by molar-refractivity contribution is 5.44. The summed E-state index contributed by atoms with van der Waals surface area (Å²) in [6.45, 7) is 2.64. The first kappa shape index (κ1) is 15.0. The maximum absolute atomic E-state index is 10.5. The predicted molar refractivity (Wildman–Crippen MR) is 79.2 cm³/mol. The van der Waals surface area contributed by atoms with Gasteiger partial charge in [-0.25, -0.2) is 0 Å². The van der Waals surface area contributed by atoms with E-state index in [9.17, 15) is 15.2 Å². The van der Waals surface area contributed by atoms with Gasteiger partial charge in [-0.3, -0.25) is 14.8 Å². The second kappa shape index (κ2) is 6.85. The number of aromatic nitrogens is 2. The third-order valence-corrected chi connectivity index (χ3v) is 3.13. The molecule has 21 heavy (non-hydrogen) atoms. The Morgan fingerprint density at radius 3 is 2.71 bits per heavy atom. The summed E-state index contributed by atoms with van der Waals surface area (Å²) in [5.41, 5.74) is 2.10. The lowest BCUT2D eigenvalue weighted by Gasteiger charge is -2.13. The molecule has 0 radical (unpaired) electrons. The molecule has 0 aliphatic rings. The van der Waals surface area contributed by atoms with Crippen LogP contribution in [0.4, 0.5) is 11.4 Å². The molecule has 1 aromatic carbocycles. The first-order valence-electron chi connectivity index (χ1n) is 6.76. The first-order valence-corrected chi connectivity index (χ1v) is 6.76. The normalized spacial score (nSPS) is 12.1. The molecule has 1 aromatic heterocycles. The highest BCUT2D eigenvalue weighted by atomic mass is 16.6. The van der Waals surface area contributed by atoms with Gasteiger partial charge < -0.3 is 10.4 Å². The third kappa shape index (κ3) is 4.28. The largest absolute Gasteiger partial charge is 0.389 e. The van der Waals surface area contributed by atoms with Gasteiger partial charge >= 0.3 is 5.69 Å². The number of nitro groups is 1. The zero-order valence-electron chi connectivity index (χ0n) is 11.8. The van der Waals surface area contributed by atoms with Crippen LogP contribution in [0.5, 0.6) is 0 Å². The summed E-state index contributed by atoms with van der Waals surface area (Å²) < 4.78 is 1.37. The molecule has 0 bridgehead atoms. The fourth-order valence-electron chi connectivity index (χ4n) is 1.92. The Morgan fingerprint density at radius 2 is 2.14 bits per heavy atom. The molecule has 7 heteroatoms. The van der Waals surface area contributed by atoms with E-state index in [1.54, 1.807) is 0 Å². The van der Waals surface area contributed by atoms with Gasteiger partial charge in [0.15, 0.2) is 0 Å². The fraction of sp³-hybridized carbons (Fsp3) is 0.357. The Hall–Kier alpha value is -2.41. The molecule has 1 atom stereocenters. The summed E-state index contributed by atoms with van der Waals surface area (Å²) in [6.07, 6.45) is 2.78. The average molecular weight is 290 g/mol. The van der Waals surface area contributed by atoms with Crippen LogP contribution in [0.15, 0.2) is 36.7 Å². The van der Waals surface area contributed by atoms with Crippen molar-refractivity contribution in [2.24, 2.45) is 0 Å². The van der Waals surface area contributed by atoms with Crippen molar-refractivity contribution >= 4 is 11.4 Å². The Kier molecular flexibility index (Phi) is 4.89. The van der Waals surface area contributed by atoms with Crippen molar-refractivity contribution in [2.75, 3.05) is 11.9 Å². The van der Waals surface area contributed by atoms with Gasteiger partial charge in [-0.05, 0) is 24.1 Å². The SMILES string of the molecule is CCc1ccc(NCC(O)Cn2cc([N+](=O)[O-])cn2)cc1. The molecular formula is C14H18N4O3. The van der Waals surface area contributed by atoms with Crippen LogP contribution in [-0.2, 0) is 13.0 Å². The minimum absolute atomic E-state index is 0.0784. The van der Waals surface area contributed by atoms with E-state index in [2.05, 4.69) is 17.3 Å². The van der Waals surface area contributed by atoms with Crippen LogP contribution >= 0.6 is 0 Å². The molecule has 7 nitrogen and oxygen atoms in total. The Labute approximate surface area is 122 Å². The maximum atomic E-state index is 10.5. The molecule has 0 saturated heterocycles. The summed E-state index contributed by atoms with van der Waals surface area (Å²) in [4.78, 5) is 10.0. The Morgan fingerprint density at radius 1 is 1.43 bits per heavy atom. The van der Waals surface area contributed by atoms with Crippen molar-refractivity contribution in [1.82, 2.24) is 9.78 Å². The van der Waals surface area contributed by atoms with Crippen molar-refractivity contribution in [3.63, 3.8) is 0 Å². The molecule has 2 rings (SSSR count). The molecule has 2 N–H and O–H groups in total. The molecule has 0 spiro atoms. The molecular weight excluding hydrogens is 272 g/mol. The molecule has 0 aliphatic heterocycles. The van der Waals surface area contributed by atoms with E-state index in [0.29, 0.717) is 6.54 Å². The van der Waals surface area contributed by atoms with Gasteiger partial charge in [0, 0.05) is 12.2 Å². The number of benzene rings is 1. The summed E-state index contributed by atoms with van der Waals surface area (Å²) in [6, 6.07) is 7.99. The number of hydrogen-bond acceptors (Lipinski definition) is 5. The van der Waals surface area contributed by atoms with Crippen LogP contribution in [0.2, 0.25) is 0 Å². The Balaban J connectivity index is 1.83. The van der Waals surface area contributed by atoms with Crippen molar-refractivity contribution in [3.05, 3.63) is 52.3 Å². The molecule has 1 unspecified atom stereocenters. The van der Waals surface area contributed by atoms with Crippen LogP contribution in [0, 0.1) is 10.1 Å². The van der Waals surface area contributed by atoms with Gasteiger partial charge in [-0.15, -0.1) is 0 Å². The smallest absolute Gasteiger partial charge is 0.306 e. The third-order valence-electron chi connectivity index (χ3n) is 3.13. The number of aryl methyl sites for hydroxylation is 1. The summed E-state index contributed by atoms with van der Waals surface area (Å²) in [5.74, 6) is 0. The second-order valence-electron chi connectivity index (χ2n) is 4.76. The summed E-state index contributed by atoms with van der Waals surface area (Å²) in [7, 11) is 0. The van der Waals surface area contributed by atoms with Crippen molar-refractivity contribution in [3.8, 4) is 0 Å². The molecule has 2 aromatic rings. The summed E-state index contributed by atoms with van der Waals surface area (Å²) >= 11 is 0. The lowest BCUT2D eigenvalue weighted by Crippen LogP contribution is -2.25. The number of aliphatic hydroxyl groups excluding tert-OH is 1. The van der Waals surface area contributed by atoms with E-state index in [1.165, 1.54) is 22.6 Å². The zero-order valence-corrected chi connectivity index (χ0v) is 11.8. The van der Waals surface area contributed by atoms with E-state index in [4.69, 9.17) is 0 Å². The number of aliphatic hydroxyl groups is 1. The van der Waals surface area contributed by atoms with Crippen molar-refractivity contribution in [1.29, 1.82) is 0 Å². The number of hydrogen-bond donors (Lipinski definition) is 2. The highest BCUT2D eigenvalue weighted by Crippen LogP contribution is 2.11. The lowest BCUT2D eigenvalue weighted by atomic mass is 10.1. The van der Waals surface area contributed by atoms with Crippen molar-refractivity contribution < 1.29 is 10.0 Å². The molecule has 112 valence electrons.